The molecule has 0 unspecified atom stereocenters. The Labute approximate surface area is 284 Å². The summed E-state index contributed by atoms with van der Waals surface area (Å²) in [5.74, 6) is 0. The maximum Gasteiger partial charge on any atom is 0.0165 e. The molecule has 0 nitrogen and oxygen atoms in total. The molecule has 49 heavy (non-hydrogen) atoms. The van der Waals surface area contributed by atoms with Gasteiger partial charge in [0.25, 0.3) is 0 Å². The molecule has 0 spiro atoms. The van der Waals surface area contributed by atoms with E-state index in [1.807, 2.05) is 0 Å². The molecule has 0 atom stereocenters. The van der Waals surface area contributed by atoms with Crippen LogP contribution in [0.25, 0.3) is 97.7 Å². The smallest absolute Gasteiger partial charge is 0.0165 e. The maximum atomic E-state index is 2.55. The number of benzene rings is 10. The molecule has 11 rings (SSSR count). The lowest BCUT2D eigenvalue weighted by atomic mass is 9.78. The van der Waals surface area contributed by atoms with Gasteiger partial charge in [-0.25, -0.2) is 0 Å². The van der Waals surface area contributed by atoms with Gasteiger partial charge in [-0.05, 0) is 121 Å². The molecule has 0 N–H and O–H groups in total. The lowest BCUT2D eigenvalue weighted by molar-refractivity contribution is 0.667. The van der Waals surface area contributed by atoms with E-state index >= 15 is 0 Å². The largest absolute Gasteiger partial charge is 0.0616 e. The van der Waals surface area contributed by atoms with Gasteiger partial charge in [0.15, 0.2) is 0 Å². The van der Waals surface area contributed by atoms with Crippen molar-refractivity contribution < 1.29 is 0 Å². The molecule has 0 saturated heterocycles. The third kappa shape index (κ3) is 3.43. The zero-order chi connectivity index (χ0) is 32.4. The fourth-order valence-electron chi connectivity index (χ4n) is 9.53. The van der Waals surface area contributed by atoms with Crippen LogP contribution in [0.5, 0.6) is 0 Å². The first-order chi connectivity index (χ1) is 24.1. The molecule has 10 aromatic rings. The van der Waals surface area contributed by atoms with Crippen molar-refractivity contribution in [2.24, 2.45) is 0 Å². The second-order valence-electron chi connectivity index (χ2n) is 14.3. The van der Waals surface area contributed by atoms with Crippen molar-refractivity contribution in [2.45, 2.75) is 19.3 Å². The van der Waals surface area contributed by atoms with Crippen LogP contribution in [0.2, 0.25) is 0 Å². The van der Waals surface area contributed by atoms with E-state index in [0.717, 1.165) is 0 Å². The van der Waals surface area contributed by atoms with E-state index in [2.05, 4.69) is 172 Å². The van der Waals surface area contributed by atoms with Gasteiger partial charge < -0.3 is 0 Å². The van der Waals surface area contributed by atoms with Crippen LogP contribution in [0, 0.1) is 0 Å². The SMILES string of the molecule is CC1(C)c2cc(-c3cc4c5ccccc5c5ccccc5c4c4ccccc34)c3ccccc3c2-c2c1c1ccccc1c1ccccc21. The van der Waals surface area contributed by atoms with E-state index < -0.39 is 0 Å². The molecule has 0 fully saturated rings. The van der Waals surface area contributed by atoms with Crippen molar-refractivity contribution in [2.75, 3.05) is 0 Å². The minimum Gasteiger partial charge on any atom is -0.0616 e. The van der Waals surface area contributed by atoms with Crippen molar-refractivity contribution in [3.63, 3.8) is 0 Å². The summed E-state index contributed by atoms with van der Waals surface area (Å²) in [5.41, 5.74) is 8.05. The summed E-state index contributed by atoms with van der Waals surface area (Å²) in [6, 6.07) is 59.2. The minimum atomic E-state index is -0.192. The van der Waals surface area contributed by atoms with Gasteiger partial charge in [-0.3, -0.25) is 0 Å². The molecule has 0 aliphatic heterocycles. The first-order valence-electron chi connectivity index (χ1n) is 17.4. The molecule has 228 valence electrons. The van der Waals surface area contributed by atoms with Crippen LogP contribution in [0.15, 0.2) is 158 Å². The molecule has 0 saturated carbocycles. The Morgan fingerprint density at radius 3 is 1.24 bits per heavy atom. The molecular formula is C49H32. The quantitative estimate of drug-likeness (QED) is 0.160. The number of hydrogen-bond donors (Lipinski definition) is 0. The number of fused-ring (bicyclic) bond motifs is 18. The number of rotatable bonds is 1. The predicted molar refractivity (Wildman–Crippen MR) is 212 cm³/mol. The summed E-state index contributed by atoms with van der Waals surface area (Å²) >= 11 is 0. The lowest BCUT2D eigenvalue weighted by Gasteiger charge is -2.25. The van der Waals surface area contributed by atoms with Gasteiger partial charge in [-0.2, -0.15) is 0 Å². The first kappa shape index (κ1) is 27.0. The highest BCUT2D eigenvalue weighted by molar-refractivity contribution is 6.33. The van der Waals surface area contributed by atoms with E-state index in [1.165, 1.54) is 109 Å². The normalized spacial score (nSPS) is 13.7. The molecule has 0 radical (unpaired) electrons. The third-order valence-electron chi connectivity index (χ3n) is 11.6. The summed E-state index contributed by atoms with van der Waals surface area (Å²) < 4.78 is 0. The van der Waals surface area contributed by atoms with Crippen molar-refractivity contribution >= 4 is 75.4 Å². The van der Waals surface area contributed by atoms with Crippen LogP contribution in [0.3, 0.4) is 0 Å². The van der Waals surface area contributed by atoms with E-state index in [9.17, 15) is 0 Å². The van der Waals surface area contributed by atoms with Gasteiger partial charge in [0.2, 0.25) is 0 Å². The van der Waals surface area contributed by atoms with Crippen LogP contribution >= 0.6 is 0 Å². The molecule has 0 amide bonds. The Hall–Kier alpha value is -5.98. The van der Waals surface area contributed by atoms with Gasteiger partial charge in [0.05, 0.1) is 0 Å². The van der Waals surface area contributed by atoms with Gasteiger partial charge in [0.1, 0.15) is 0 Å². The Bertz CT molecular complexity index is 3070. The Morgan fingerprint density at radius 1 is 0.306 bits per heavy atom. The van der Waals surface area contributed by atoms with Crippen molar-refractivity contribution in [1.29, 1.82) is 0 Å². The molecule has 10 aromatic carbocycles. The molecule has 0 heterocycles. The van der Waals surface area contributed by atoms with Gasteiger partial charge in [-0.15, -0.1) is 0 Å². The molecule has 1 aliphatic rings. The fourth-order valence-corrected chi connectivity index (χ4v) is 9.53. The second kappa shape index (κ2) is 9.56. The van der Waals surface area contributed by atoms with E-state index in [1.54, 1.807) is 0 Å². The van der Waals surface area contributed by atoms with Gasteiger partial charge in [0, 0.05) is 5.41 Å². The van der Waals surface area contributed by atoms with E-state index in [0.29, 0.717) is 0 Å². The monoisotopic (exact) mass is 620 g/mol. The molecular weight excluding hydrogens is 589 g/mol. The summed E-state index contributed by atoms with van der Waals surface area (Å²) in [6.45, 7) is 4.88. The highest BCUT2D eigenvalue weighted by Crippen LogP contribution is 2.58. The van der Waals surface area contributed by atoms with E-state index in [4.69, 9.17) is 0 Å². The van der Waals surface area contributed by atoms with Crippen LogP contribution < -0.4 is 0 Å². The Balaban J connectivity index is 1.33. The van der Waals surface area contributed by atoms with Crippen LogP contribution in [-0.4, -0.2) is 0 Å². The summed E-state index contributed by atoms with van der Waals surface area (Å²) in [5, 5.41) is 18.5. The molecule has 1 aliphatic carbocycles. The van der Waals surface area contributed by atoms with Crippen molar-refractivity contribution in [1.82, 2.24) is 0 Å². The summed E-state index contributed by atoms with van der Waals surface area (Å²) in [6.07, 6.45) is 0. The topological polar surface area (TPSA) is 0 Å². The summed E-state index contributed by atoms with van der Waals surface area (Å²) in [7, 11) is 0. The highest BCUT2D eigenvalue weighted by Gasteiger charge is 2.40. The standard InChI is InChI=1S/C49H32/c1-49(2)44-28-42(35-21-8-12-24-38(35)46(44)47-39-25-13-6-17-31(39)32-18-9-14-26-40(32)48(47)49)41-27-43-33-19-4-3-15-29(33)30-16-5-10-22-36(30)45(43)37-23-11-7-20-34(37)41/h3-28H,1-2H3. The lowest BCUT2D eigenvalue weighted by Crippen LogP contribution is -2.16. The van der Waals surface area contributed by atoms with Gasteiger partial charge in [-0.1, -0.05) is 159 Å². The average molecular weight is 621 g/mol. The van der Waals surface area contributed by atoms with Crippen LogP contribution in [-0.2, 0) is 5.41 Å². The highest BCUT2D eigenvalue weighted by atomic mass is 14.4. The average Bonchev–Trinajstić information content (AvgIpc) is 3.41. The maximum absolute atomic E-state index is 2.55. The third-order valence-corrected chi connectivity index (χ3v) is 11.6. The Morgan fingerprint density at radius 2 is 0.653 bits per heavy atom. The van der Waals surface area contributed by atoms with Crippen LogP contribution in [0.1, 0.15) is 25.0 Å². The van der Waals surface area contributed by atoms with Crippen molar-refractivity contribution in [3.8, 4) is 22.3 Å². The molecule has 0 bridgehead atoms. The minimum absolute atomic E-state index is 0.192. The first-order valence-corrected chi connectivity index (χ1v) is 17.4. The zero-order valence-electron chi connectivity index (χ0n) is 27.5. The van der Waals surface area contributed by atoms with E-state index in [-0.39, 0.29) is 5.41 Å². The number of hydrogen-bond acceptors (Lipinski definition) is 0. The molecule has 0 aromatic heterocycles. The van der Waals surface area contributed by atoms with Crippen LogP contribution in [0.4, 0.5) is 0 Å². The van der Waals surface area contributed by atoms with Gasteiger partial charge >= 0.3 is 0 Å². The Kier molecular flexibility index (Phi) is 5.27. The molecule has 0 heteroatoms. The zero-order valence-corrected chi connectivity index (χ0v) is 27.5. The summed E-state index contributed by atoms with van der Waals surface area (Å²) in [4.78, 5) is 0. The van der Waals surface area contributed by atoms with Crippen molar-refractivity contribution in [3.05, 3.63) is 169 Å². The predicted octanol–water partition coefficient (Wildman–Crippen LogP) is 13.7. The fraction of sp³-hybridized carbons (Fsp3) is 0.0612. The second-order valence-corrected chi connectivity index (χ2v) is 14.3.